The van der Waals surface area contributed by atoms with Crippen molar-refractivity contribution in [3.63, 3.8) is 0 Å². The molecular weight excluding hydrogens is 220 g/mol. The minimum absolute atomic E-state index is 0.0881. The number of hydrogen-bond donors (Lipinski definition) is 1. The predicted molar refractivity (Wildman–Crippen MR) is 66.6 cm³/mol. The van der Waals surface area contributed by atoms with Crippen molar-refractivity contribution in [1.82, 2.24) is 10.2 Å². The van der Waals surface area contributed by atoms with E-state index in [2.05, 4.69) is 10.1 Å². The van der Waals surface area contributed by atoms with Crippen LogP contribution in [0.2, 0.25) is 0 Å². The molecule has 0 spiro atoms. The number of methoxy groups -OCH3 is 1. The summed E-state index contributed by atoms with van der Waals surface area (Å²) in [6, 6.07) is 0. The van der Waals surface area contributed by atoms with Crippen LogP contribution >= 0.6 is 0 Å². The van der Waals surface area contributed by atoms with E-state index in [9.17, 15) is 9.59 Å². The lowest BCUT2D eigenvalue weighted by Crippen LogP contribution is -2.26. The van der Waals surface area contributed by atoms with Crippen LogP contribution in [0.3, 0.4) is 0 Å². The topological polar surface area (TPSA) is 58.6 Å². The fourth-order valence-corrected chi connectivity index (χ4v) is 1.22. The summed E-state index contributed by atoms with van der Waals surface area (Å²) in [5.41, 5.74) is 0.652. The number of hydrogen-bond acceptors (Lipinski definition) is 4. The molecule has 98 valence electrons. The van der Waals surface area contributed by atoms with Crippen LogP contribution in [0.25, 0.3) is 0 Å². The molecule has 0 atom stereocenters. The first-order valence-corrected chi connectivity index (χ1v) is 5.71. The largest absolute Gasteiger partial charge is 0.466 e. The Kier molecular flexibility index (Phi) is 8.05. The standard InChI is InChI=1S/C12H22N2O3/c1-5-10(12(16)17-4)6-8-13-9-7-11(15)14(2)3/h6,13H,5,7-9H2,1-4H3. The summed E-state index contributed by atoms with van der Waals surface area (Å²) in [6.45, 7) is 3.07. The number of carbonyl (C=O) groups is 2. The Balaban J connectivity index is 3.85. The molecule has 0 heterocycles. The van der Waals surface area contributed by atoms with Crippen molar-refractivity contribution in [2.45, 2.75) is 19.8 Å². The summed E-state index contributed by atoms with van der Waals surface area (Å²) >= 11 is 0. The summed E-state index contributed by atoms with van der Waals surface area (Å²) in [6.07, 6.45) is 2.90. The van der Waals surface area contributed by atoms with E-state index in [1.54, 1.807) is 25.1 Å². The highest BCUT2D eigenvalue weighted by Crippen LogP contribution is 2.01. The number of ether oxygens (including phenoxy) is 1. The van der Waals surface area contributed by atoms with Gasteiger partial charge in [0.25, 0.3) is 0 Å². The molecule has 0 aliphatic carbocycles. The second-order valence-corrected chi connectivity index (χ2v) is 3.82. The van der Waals surface area contributed by atoms with Gasteiger partial charge in [-0.25, -0.2) is 4.79 Å². The molecule has 5 nitrogen and oxygen atoms in total. The van der Waals surface area contributed by atoms with Gasteiger partial charge in [-0.3, -0.25) is 4.79 Å². The van der Waals surface area contributed by atoms with E-state index in [4.69, 9.17) is 0 Å². The third kappa shape index (κ3) is 6.73. The Morgan fingerprint density at radius 3 is 2.47 bits per heavy atom. The number of nitrogens with zero attached hydrogens (tertiary/aromatic N) is 1. The third-order valence-electron chi connectivity index (χ3n) is 2.34. The van der Waals surface area contributed by atoms with Crippen LogP contribution in [0.1, 0.15) is 19.8 Å². The van der Waals surface area contributed by atoms with Gasteiger partial charge in [0, 0.05) is 39.2 Å². The second kappa shape index (κ2) is 8.75. The van der Waals surface area contributed by atoms with E-state index in [0.717, 1.165) is 0 Å². The molecule has 0 aromatic heterocycles. The first kappa shape index (κ1) is 15.6. The molecule has 0 fully saturated rings. The smallest absolute Gasteiger partial charge is 0.333 e. The molecule has 5 heteroatoms. The molecule has 0 aliphatic heterocycles. The van der Waals surface area contributed by atoms with Crippen LogP contribution < -0.4 is 5.32 Å². The van der Waals surface area contributed by atoms with Crippen LogP contribution in [0.5, 0.6) is 0 Å². The molecule has 0 rings (SSSR count). The first-order valence-electron chi connectivity index (χ1n) is 5.71. The van der Waals surface area contributed by atoms with Crippen molar-refractivity contribution >= 4 is 11.9 Å². The van der Waals surface area contributed by atoms with Crippen molar-refractivity contribution < 1.29 is 14.3 Å². The van der Waals surface area contributed by atoms with Crippen molar-refractivity contribution in [2.24, 2.45) is 0 Å². The van der Waals surface area contributed by atoms with Crippen LogP contribution in [0.15, 0.2) is 11.6 Å². The lowest BCUT2D eigenvalue weighted by molar-refractivity contribution is -0.136. The highest BCUT2D eigenvalue weighted by Gasteiger charge is 2.06. The quantitative estimate of drug-likeness (QED) is 0.403. The molecule has 0 aromatic rings. The Hall–Kier alpha value is -1.36. The van der Waals surface area contributed by atoms with Gasteiger partial charge in [0.15, 0.2) is 0 Å². The molecule has 0 saturated heterocycles. The Bertz CT molecular complexity index is 285. The number of esters is 1. The fraction of sp³-hybridized carbons (Fsp3) is 0.667. The van der Waals surface area contributed by atoms with Crippen molar-refractivity contribution in [1.29, 1.82) is 0 Å². The van der Waals surface area contributed by atoms with E-state index in [0.29, 0.717) is 31.5 Å². The summed E-state index contributed by atoms with van der Waals surface area (Å²) in [7, 11) is 4.83. The van der Waals surface area contributed by atoms with Crippen LogP contribution in [0.4, 0.5) is 0 Å². The van der Waals surface area contributed by atoms with Crippen molar-refractivity contribution in [2.75, 3.05) is 34.3 Å². The molecule has 0 aromatic carbocycles. The number of rotatable bonds is 7. The van der Waals surface area contributed by atoms with Gasteiger partial charge in [0.2, 0.25) is 5.91 Å². The molecular formula is C12H22N2O3. The zero-order chi connectivity index (χ0) is 13.3. The van der Waals surface area contributed by atoms with E-state index in [1.165, 1.54) is 7.11 Å². The van der Waals surface area contributed by atoms with E-state index in [1.807, 2.05) is 6.92 Å². The lowest BCUT2D eigenvalue weighted by Gasteiger charge is -2.09. The Morgan fingerprint density at radius 2 is 2.00 bits per heavy atom. The summed E-state index contributed by atoms with van der Waals surface area (Å²) in [5, 5.41) is 3.08. The van der Waals surface area contributed by atoms with E-state index >= 15 is 0 Å². The number of nitrogens with one attached hydrogen (secondary N) is 1. The highest BCUT2D eigenvalue weighted by atomic mass is 16.5. The van der Waals surface area contributed by atoms with Gasteiger partial charge >= 0.3 is 5.97 Å². The lowest BCUT2D eigenvalue weighted by atomic mass is 10.2. The predicted octanol–water partition coefficient (Wildman–Crippen LogP) is 0.564. The van der Waals surface area contributed by atoms with Crippen LogP contribution in [0, 0.1) is 0 Å². The summed E-state index contributed by atoms with van der Waals surface area (Å²) in [5.74, 6) is -0.205. The second-order valence-electron chi connectivity index (χ2n) is 3.82. The maximum atomic E-state index is 11.2. The first-order chi connectivity index (χ1) is 8.02. The molecule has 0 saturated carbocycles. The van der Waals surface area contributed by atoms with Crippen molar-refractivity contribution in [3.05, 3.63) is 11.6 Å². The average molecular weight is 242 g/mol. The Morgan fingerprint density at radius 1 is 1.35 bits per heavy atom. The molecule has 1 N–H and O–H groups in total. The number of carbonyl (C=O) groups excluding carboxylic acids is 2. The molecule has 1 amide bonds. The maximum absolute atomic E-state index is 11.2. The van der Waals surface area contributed by atoms with Gasteiger partial charge < -0.3 is 15.0 Å². The van der Waals surface area contributed by atoms with E-state index in [-0.39, 0.29) is 11.9 Å². The van der Waals surface area contributed by atoms with E-state index < -0.39 is 0 Å². The molecule has 17 heavy (non-hydrogen) atoms. The SMILES string of the molecule is CCC(=CCNCCC(=O)N(C)C)C(=O)OC. The molecule has 0 bridgehead atoms. The fourth-order valence-electron chi connectivity index (χ4n) is 1.22. The van der Waals surface area contributed by atoms with Crippen molar-refractivity contribution in [3.8, 4) is 0 Å². The third-order valence-corrected chi connectivity index (χ3v) is 2.34. The summed E-state index contributed by atoms with van der Waals surface area (Å²) in [4.78, 5) is 24.0. The maximum Gasteiger partial charge on any atom is 0.333 e. The minimum Gasteiger partial charge on any atom is -0.466 e. The highest BCUT2D eigenvalue weighted by molar-refractivity contribution is 5.88. The van der Waals surface area contributed by atoms with Gasteiger partial charge in [0.05, 0.1) is 7.11 Å². The summed E-state index contributed by atoms with van der Waals surface area (Å²) < 4.78 is 4.63. The van der Waals surface area contributed by atoms with Gasteiger partial charge in [-0.1, -0.05) is 13.0 Å². The Labute approximate surface area is 103 Å². The molecule has 0 unspecified atom stereocenters. The normalized spacial score (nSPS) is 11.2. The number of amides is 1. The van der Waals surface area contributed by atoms with Gasteiger partial charge in [0.1, 0.15) is 0 Å². The average Bonchev–Trinajstić information content (AvgIpc) is 2.32. The molecule has 0 radical (unpaired) electrons. The van der Waals surface area contributed by atoms with Crippen LogP contribution in [-0.2, 0) is 14.3 Å². The molecule has 0 aliphatic rings. The van der Waals surface area contributed by atoms with Crippen LogP contribution in [-0.4, -0.2) is 51.1 Å². The monoisotopic (exact) mass is 242 g/mol. The zero-order valence-corrected chi connectivity index (χ0v) is 11.1. The van der Waals surface area contributed by atoms with Gasteiger partial charge in [-0.2, -0.15) is 0 Å². The van der Waals surface area contributed by atoms with Gasteiger partial charge in [-0.15, -0.1) is 0 Å². The van der Waals surface area contributed by atoms with Gasteiger partial charge in [-0.05, 0) is 6.42 Å². The minimum atomic E-state index is -0.293. The zero-order valence-electron chi connectivity index (χ0n) is 11.1.